The number of halogens is 2. The fourth-order valence-corrected chi connectivity index (χ4v) is 4.79. The highest BCUT2D eigenvalue weighted by molar-refractivity contribution is 6.36. The number of H-pyrrole nitrogens is 1. The van der Waals surface area contributed by atoms with Crippen molar-refractivity contribution in [2.75, 3.05) is 5.32 Å². The Morgan fingerprint density at radius 2 is 1.83 bits per heavy atom. The second kappa shape index (κ2) is 5.30. The summed E-state index contributed by atoms with van der Waals surface area (Å²) in [6.07, 6.45) is 7.73. The molecule has 5 rings (SSSR count). The largest absolute Gasteiger partial charge is 0.376 e. The molecule has 0 spiro atoms. The Bertz CT molecular complexity index is 973. The van der Waals surface area contributed by atoms with E-state index in [0.717, 1.165) is 27.7 Å². The van der Waals surface area contributed by atoms with E-state index < -0.39 is 0 Å². The van der Waals surface area contributed by atoms with E-state index in [1.807, 2.05) is 12.1 Å². The number of nitrogens with one attached hydrogen (secondary N) is 2. The SMILES string of the molecule is Clc1ccc(Cl)c2c1NC(c1c[nH]c3ccccc13)C1CC=CC21. The monoisotopic (exact) mass is 354 g/mol. The number of para-hydroxylation sites is 1. The highest BCUT2D eigenvalue weighted by atomic mass is 35.5. The molecule has 2 aliphatic rings. The van der Waals surface area contributed by atoms with Gasteiger partial charge in [-0.2, -0.15) is 0 Å². The fourth-order valence-electron chi connectivity index (χ4n) is 4.29. The molecule has 0 saturated carbocycles. The van der Waals surface area contributed by atoms with Gasteiger partial charge < -0.3 is 10.3 Å². The summed E-state index contributed by atoms with van der Waals surface area (Å²) in [5.74, 6) is 0.763. The minimum absolute atomic E-state index is 0.213. The molecule has 3 atom stereocenters. The fraction of sp³-hybridized carbons (Fsp3) is 0.200. The second-order valence-corrected chi connectivity index (χ2v) is 7.40. The van der Waals surface area contributed by atoms with Crippen LogP contribution in [-0.4, -0.2) is 4.98 Å². The van der Waals surface area contributed by atoms with E-state index in [4.69, 9.17) is 23.2 Å². The zero-order valence-corrected chi connectivity index (χ0v) is 14.4. The Hall–Kier alpha value is -1.90. The predicted molar refractivity (Wildman–Crippen MR) is 101 cm³/mol. The Morgan fingerprint density at radius 1 is 1.00 bits per heavy atom. The molecule has 2 aromatic carbocycles. The molecular formula is C20H16Cl2N2. The number of allylic oxidation sites excluding steroid dienone is 2. The van der Waals surface area contributed by atoms with Gasteiger partial charge in [-0.1, -0.05) is 53.6 Å². The van der Waals surface area contributed by atoms with Crippen LogP contribution in [0, 0.1) is 5.92 Å². The van der Waals surface area contributed by atoms with Gasteiger partial charge in [-0.05, 0) is 36.1 Å². The number of aromatic nitrogens is 1. The predicted octanol–water partition coefficient (Wildman–Crippen LogP) is 6.30. The van der Waals surface area contributed by atoms with Crippen LogP contribution in [0.25, 0.3) is 10.9 Å². The van der Waals surface area contributed by atoms with Crippen LogP contribution in [0.5, 0.6) is 0 Å². The van der Waals surface area contributed by atoms with Gasteiger partial charge in [0.25, 0.3) is 0 Å². The average molecular weight is 355 g/mol. The van der Waals surface area contributed by atoms with Crippen LogP contribution in [-0.2, 0) is 0 Å². The Morgan fingerprint density at radius 3 is 2.75 bits per heavy atom. The molecule has 1 aliphatic carbocycles. The lowest BCUT2D eigenvalue weighted by Gasteiger charge is -2.38. The number of rotatable bonds is 1. The van der Waals surface area contributed by atoms with Crippen molar-refractivity contribution in [3.63, 3.8) is 0 Å². The van der Waals surface area contributed by atoms with Crippen LogP contribution < -0.4 is 5.32 Å². The maximum Gasteiger partial charge on any atom is 0.0641 e. The lowest BCUT2D eigenvalue weighted by molar-refractivity contribution is 0.427. The molecule has 3 unspecified atom stereocenters. The Balaban J connectivity index is 1.70. The summed E-state index contributed by atoms with van der Waals surface area (Å²) in [7, 11) is 0. The average Bonchev–Trinajstić information content (AvgIpc) is 3.24. The van der Waals surface area contributed by atoms with Crippen molar-refractivity contribution in [1.82, 2.24) is 4.98 Å². The Labute approximate surface area is 150 Å². The van der Waals surface area contributed by atoms with Crippen molar-refractivity contribution in [3.8, 4) is 0 Å². The van der Waals surface area contributed by atoms with E-state index in [1.54, 1.807) is 0 Å². The number of hydrogen-bond donors (Lipinski definition) is 2. The topological polar surface area (TPSA) is 27.8 Å². The molecule has 0 amide bonds. The smallest absolute Gasteiger partial charge is 0.0641 e. The van der Waals surface area contributed by atoms with E-state index in [9.17, 15) is 0 Å². The summed E-state index contributed by atoms with van der Waals surface area (Å²) in [4.78, 5) is 3.40. The van der Waals surface area contributed by atoms with Gasteiger partial charge in [0.1, 0.15) is 0 Å². The Kier molecular flexibility index (Phi) is 3.19. The van der Waals surface area contributed by atoms with Crippen molar-refractivity contribution < 1.29 is 0 Å². The quantitative estimate of drug-likeness (QED) is 0.493. The summed E-state index contributed by atoms with van der Waals surface area (Å²) in [5, 5.41) is 6.49. The molecule has 0 fully saturated rings. The minimum Gasteiger partial charge on any atom is -0.376 e. The van der Waals surface area contributed by atoms with Crippen molar-refractivity contribution in [2.45, 2.75) is 18.4 Å². The van der Waals surface area contributed by atoms with E-state index in [0.29, 0.717) is 11.8 Å². The van der Waals surface area contributed by atoms with E-state index in [-0.39, 0.29) is 6.04 Å². The van der Waals surface area contributed by atoms with E-state index in [1.165, 1.54) is 16.5 Å². The van der Waals surface area contributed by atoms with Crippen molar-refractivity contribution in [3.05, 3.63) is 75.9 Å². The number of anilines is 1. The van der Waals surface area contributed by atoms with Gasteiger partial charge in [0.2, 0.25) is 0 Å². The third kappa shape index (κ3) is 1.96. The van der Waals surface area contributed by atoms with Crippen LogP contribution in [0.2, 0.25) is 10.0 Å². The van der Waals surface area contributed by atoms with Crippen LogP contribution >= 0.6 is 23.2 Å². The first-order valence-electron chi connectivity index (χ1n) is 8.21. The molecule has 2 nitrogen and oxygen atoms in total. The summed E-state index contributed by atoms with van der Waals surface area (Å²) in [6, 6.07) is 12.4. The molecule has 3 aromatic rings. The molecule has 0 radical (unpaired) electrons. The molecule has 24 heavy (non-hydrogen) atoms. The molecule has 120 valence electrons. The first-order chi connectivity index (χ1) is 11.7. The summed E-state index contributed by atoms with van der Waals surface area (Å²) >= 11 is 13.0. The standard InChI is InChI=1S/C20H16Cl2N2/c21-15-8-9-16(22)20-18(15)12-5-3-6-13(12)19(24-20)14-10-23-17-7-2-1-4-11(14)17/h1-5,7-10,12-13,19,23-24H,6H2. The molecule has 4 heteroatoms. The number of aromatic amines is 1. The van der Waals surface area contributed by atoms with Gasteiger partial charge in [-0.3, -0.25) is 0 Å². The normalized spacial score (nSPS) is 24.7. The molecular weight excluding hydrogens is 339 g/mol. The molecule has 2 heterocycles. The third-order valence-electron chi connectivity index (χ3n) is 5.37. The van der Waals surface area contributed by atoms with Crippen molar-refractivity contribution in [1.29, 1.82) is 0 Å². The van der Waals surface area contributed by atoms with E-state index in [2.05, 4.69) is 52.9 Å². The second-order valence-electron chi connectivity index (χ2n) is 6.58. The maximum absolute atomic E-state index is 6.51. The van der Waals surface area contributed by atoms with Gasteiger partial charge >= 0.3 is 0 Å². The van der Waals surface area contributed by atoms with Crippen LogP contribution in [0.15, 0.2) is 54.7 Å². The van der Waals surface area contributed by atoms with Gasteiger partial charge in [-0.25, -0.2) is 0 Å². The van der Waals surface area contributed by atoms with Gasteiger partial charge in [-0.15, -0.1) is 0 Å². The molecule has 0 bridgehead atoms. The minimum atomic E-state index is 0.213. The molecule has 1 aliphatic heterocycles. The summed E-state index contributed by atoms with van der Waals surface area (Å²) in [5.41, 5.74) is 4.58. The molecule has 0 saturated heterocycles. The van der Waals surface area contributed by atoms with Gasteiger partial charge in [0.15, 0.2) is 0 Å². The highest BCUT2D eigenvalue weighted by Gasteiger charge is 2.40. The van der Waals surface area contributed by atoms with Crippen LogP contribution in [0.3, 0.4) is 0 Å². The number of hydrogen-bond acceptors (Lipinski definition) is 1. The van der Waals surface area contributed by atoms with Crippen molar-refractivity contribution >= 4 is 39.8 Å². The highest BCUT2D eigenvalue weighted by Crippen LogP contribution is 2.54. The van der Waals surface area contributed by atoms with Gasteiger partial charge in [0, 0.05) is 33.6 Å². The maximum atomic E-state index is 6.51. The lowest BCUT2D eigenvalue weighted by Crippen LogP contribution is -2.29. The molecule has 2 N–H and O–H groups in total. The number of fused-ring (bicyclic) bond motifs is 4. The zero-order valence-electron chi connectivity index (χ0n) is 12.9. The van der Waals surface area contributed by atoms with Crippen molar-refractivity contribution in [2.24, 2.45) is 5.92 Å². The summed E-state index contributed by atoms with van der Waals surface area (Å²) in [6.45, 7) is 0. The van der Waals surface area contributed by atoms with Crippen LogP contribution in [0.4, 0.5) is 5.69 Å². The van der Waals surface area contributed by atoms with Crippen LogP contribution in [0.1, 0.15) is 29.5 Å². The zero-order chi connectivity index (χ0) is 16.3. The molecule has 1 aromatic heterocycles. The first kappa shape index (κ1) is 14.4. The first-order valence-corrected chi connectivity index (χ1v) is 8.97. The lowest BCUT2D eigenvalue weighted by atomic mass is 9.77. The summed E-state index contributed by atoms with van der Waals surface area (Å²) < 4.78 is 0. The van der Waals surface area contributed by atoms with E-state index >= 15 is 0 Å². The van der Waals surface area contributed by atoms with Gasteiger partial charge in [0.05, 0.1) is 16.8 Å². The third-order valence-corrected chi connectivity index (χ3v) is 6.02. The number of benzene rings is 2.